The SMILES string of the molecule is Cc1cccc(CN2CCN(Cc3cccn3-c3cccnc3)CC2CCO)n1. The highest BCUT2D eigenvalue weighted by atomic mass is 16.3. The van der Waals surface area contributed by atoms with Gasteiger partial charge < -0.3 is 9.67 Å². The molecule has 1 atom stereocenters. The minimum atomic E-state index is 0.211. The fourth-order valence-electron chi connectivity index (χ4n) is 4.15. The van der Waals surface area contributed by atoms with Crippen LogP contribution in [-0.2, 0) is 13.1 Å². The number of pyridine rings is 2. The van der Waals surface area contributed by atoms with Gasteiger partial charge in [0.2, 0.25) is 0 Å². The molecule has 1 fully saturated rings. The molecule has 29 heavy (non-hydrogen) atoms. The van der Waals surface area contributed by atoms with Crippen LogP contribution in [0.4, 0.5) is 0 Å². The van der Waals surface area contributed by atoms with E-state index in [1.54, 1.807) is 6.20 Å². The van der Waals surface area contributed by atoms with Crippen molar-refractivity contribution in [2.45, 2.75) is 32.5 Å². The molecule has 3 aromatic heterocycles. The Labute approximate surface area is 172 Å². The molecule has 0 radical (unpaired) electrons. The molecule has 1 aliphatic rings. The topological polar surface area (TPSA) is 57.4 Å². The lowest BCUT2D eigenvalue weighted by molar-refractivity contribution is 0.0483. The number of aryl methyl sites for hydroxylation is 1. The summed E-state index contributed by atoms with van der Waals surface area (Å²) in [6, 6.07) is 14.8. The van der Waals surface area contributed by atoms with E-state index in [0.29, 0.717) is 6.04 Å². The number of hydrogen-bond acceptors (Lipinski definition) is 5. The Morgan fingerprint density at radius 1 is 1.07 bits per heavy atom. The molecule has 4 heterocycles. The van der Waals surface area contributed by atoms with Crippen LogP contribution in [0.1, 0.15) is 23.5 Å². The molecule has 4 rings (SSSR count). The third kappa shape index (κ3) is 4.90. The van der Waals surface area contributed by atoms with E-state index >= 15 is 0 Å². The van der Waals surface area contributed by atoms with Gasteiger partial charge in [0.1, 0.15) is 0 Å². The first kappa shape index (κ1) is 19.8. The third-order valence-electron chi connectivity index (χ3n) is 5.61. The van der Waals surface area contributed by atoms with Crippen molar-refractivity contribution in [2.75, 3.05) is 26.2 Å². The first-order valence-corrected chi connectivity index (χ1v) is 10.3. The molecule has 1 unspecified atom stereocenters. The Hall–Kier alpha value is -2.54. The van der Waals surface area contributed by atoms with E-state index < -0.39 is 0 Å². The number of nitrogens with zero attached hydrogens (tertiary/aromatic N) is 5. The van der Waals surface area contributed by atoms with Crippen molar-refractivity contribution >= 4 is 0 Å². The molecule has 0 aliphatic carbocycles. The fraction of sp³-hybridized carbons (Fsp3) is 0.391. The zero-order valence-corrected chi connectivity index (χ0v) is 17.0. The van der Waals surface area contributed by atoms with Crippen molar-refractivity contribution in [2.24, 2.45) is 0 Å². The van der Waals surface area contributed by atoms with Crippen LogP contribution in [0.5, 0.6) is 0 Å². The summed E-state index contributed by atoms with van der Waals surface area (Å²) in [5, 5.41) is 9.61. The summed E-state index contributed by atoms with van der Waals surface area (Å²) in [4.78, 5) is 13.9. The first-order valence-electron chi connectivity index (χ1n) is 10.3. The van der Waals surface area contributed by atoms with Crippen molar-refractivity contribution in [1.29, 1.82) is 0 Å². The van der Waals surface area contributed by atoms with E-state index in [0.717, 1.165) is 56.2 Å². The predicted molar refractivity (Wildman–Crippen MR) is 114 cm³/mol. The summed E-state index contributed by atoms with van der Waals surface area (Å²) in [6.45, 7) is 6.91. The average Bonchev–Trinajstić information content (AvgIpc) is 3.19. The van der Waals surface area contributed by atoms with Crippen LogP contribution in [0.2, 0.25) is 0 Å². The van der Waals surface area contributed by atoms with Gasteiger partial charge in [-0.3, -0.25) is 19.8 Å². The van der Waals surface area contributed by atoms with Gasteiger partial charge in [-0.25, -0.2) is 0 Å². The molecule has 1 N–H and O–H groups in total. The lowest BCUT2D eigenvalue weighted by atomic mass is 10.1. The fourth-order valence-corrected chi connectivity index (χ4v) is 4.15. The molecule has 6 nitrogen and oxygen atoms in total. The average molecular weight is 392 g/mol. The lowest BCUT2D eigenvalue weighted by Crippen LogP contribution is -2.52. The summed E-state index contributed by atoms with van der Waals surface area (Å²) in [6.07, 6.45) is 6.57. The second-order valence-corrected chi connectivity index (χ2v) is 7.72. The number of piperazine rings is 1. The molecule has 0 bridgehead atoms. The minimum Gasteiger partial charge on any atom is -0.396 e. The molecule has 0 saturated carbocycles. The molecule has 152 valence electrons. The van der Waals surface area contributed by atoms with Crippen LogP contribution < -0.4 is 0 Å². The maximum atomic E-state index is 9.61. The van der Waals surface area contributed by atoms with Crippen LogP contribution in [-0.4, -0.2) is 61.7 Å². The van der Waals surface area contributed by atoms with Gasteiger partial charge in [0, 0.05) is 69.2 Å². The van der Waals surface area contributed by atoms with Crippen LogP contribution in [0, 0.1) is 6.92 Å². The van der Waals surface area contributed by atoms with Crippen LogP contribution in [0.15, 0.2) is 61.1 Å². The van der Waals surface area contributed by atoms with E-state index in [1.807, 2.05) is 25.3 Å². The second-order valence-electron chi connectivity index (χ2n) is 7.72. The lowest BCUT2D eigenvalue weighted by Gasteiger charge is -2.41. The maximum absolute atomic E-state index is 9.61. The number of aliphatic hydroxyl groups excluding tert-OH is 1. The Morgan fingerprint density at radius 3 is 2.79 bits per heavy atom. The number of hydrogen-bond donors (Lipinski definition) is 1. The van der Waals surface area contributed by atoms with Gasteiger partial charge >= 0.3 is 0 Å². The molecule has 1 saturated heterocycles. The highest BCUT2D eigenvalue weighted by molar-refractivity contribution is 5.32. The zero-order valence-electron chi connectivity index (χ0n) is 17.0. The van der Waals surface area contributed by atoms with Crippen molar-refractivity contribution in [3.8, 4) is 5.69 Å². The zero-order chi connectivity index (χ0) is 20.1. The van der Waals surface area contributed by atoms with E-state index in [2.05, 4.69) is 60.9 Å². The number of rotatable bonds is 7. The van der Waals surface area contributed by atoms with E-state index in [9.17, 15) is 5.11 Å². The van der Waals surface area contributed by atoms with E-state index in [-0.39, 0.29) is 6.61 Å². The molecule has 1 aliphatic heterocycles. The molecule has 0 aromatic carbocycles. The molecular weight excluding hydrogens is 362 g/mol. The standard InChI is InChI=1S/C23H29N5O/c1-19-5-2-6-20(25-19)16-27-13-12-26(17-22(27)9-14-29)18-23-8-4-11-28(23)21-7-3-10-24-15-21/h2-8,10-11,15,22,29H,9,12-14,16-18H2,1H3. The molecular formula is C23H29N5O. The summed E-state index contributed by atoms with van der Waals surface area (Å²) >= 11 is 0. The van der Waals surface area contributed by atoms with Gasteiger partial charge in [-0.1, -0.05) is 6.07 Å². The Balaban J connectivity index is 1.43. The summed E-state index contributed by atoms with van der Waals surface area (Å²) in [7, 11) is 0. The summed E-state index contributed by atoms with van der Waals surface area (Å²) < 4.78 is 2.21. The predicted octanol–water partition coefficient (Wildman–Crippen LogP) is 2.64. The smallest absolute Gasteiger partial charge is 0.0636 e. The molecule has 6 heteroatoms. The molecule has 0 amide bonds. The van der Waals surface area contributed by atoms with E-state index in [4.69, 9.17) is 0 Å². The Kier molecular flexibility index (Phi) is 6.34. The van der Waals surface area contributed by atoms with Gasteiger partial charge in [0.05, 0.1) is 17.6 Å². The van der Waals surface area contributed by atoms with Crippen LogP contribution >= 0.6 is 0 Å². The Bertz CT molecular complexity index is 910. The highest BCUT2D eigenvalue weighted by Crippen LogP contribution is 2.19. The number of aliphatic hydroxyl groups is 1. The van der Waals surface area contributed by atoms with Crippen molar-refractivity contribution < 1.29 is 5.11 Å². The normalized spacial score (nSPS) is 18.2. The first-order chi connectivity index (χ1) is 14.2. The van der Waals surface area contributed by atoms with Crippen LogP contribution in [0.25, 0.3) is 5.69 Å². The maximum Gasteiger partial charge on any atom is 0.0636 e. The summed E-state index contributed by atoms with van der Waals surface area (Å²) in [5.41, 5.74) is 4.50. The molecule has 0 spiro atoms. The van der Waals surface area contributed by atoms with Crippen LogP contribution in [0.3, 0.4) is 0 Å². The molecule has 3 aromatic rings. The van der Waals surface area contributed by atoms with Crippen molar-refractivity contribution in [3.05, 3.63) is 78.1 Å². The highest BCUT2D eigenvalue weighted by Gasteiger charge is 2.27. The van der Waals surface area contributed by atoms with Gasteiger partial charge in [-0.05, 0) is 49.7 Å². The van der Waals surface area contributed by atoms with Gasteiger partial charge in [-0.2, -0.15) is 0 Å². The second kappa shape index (κ2) is 9.31. The monoisotopic (exact) mass is 391 g/mol. The van der Waals surface area contributed by atoms with Gasteiger partial charge in [0.15, 0.2) is 0 Å². The largest absolute Gasteiger partial charge is 0.396 e. The quantitative estimate of drug-likeness (QED) is 0.671. The third-order valence-corrected chi connectivity index (χ3v) is 5.61. The minimum absolute atomic E-state index is 0.211. The Morgan fingerprint density at radius 2 is 2.00 bits per heavy atom. The van der Waals surface area contributed by atoms with E-state index in [1.165, 1.54) is 5.69 Å². The van der Waals surface area contributed by atoms with Gasteiger partial charge in [-0.15, -0.1) is 0 Å². The summed E-state index contributed by atoms with van der Waals surface area (Å²) in [5.74, 6) is 0. The van der Waals surface area contributed by atoms with Crippen molar-refractivity contribution in [1.82, 2.24) is 24.3 Å². The van der Waals surface area contributed by atoms with Crippen molar-refractivity contribution in [3.63, 3.8) is 0 Å². The number of aromatic nitrogens is 3. The van der Waals surface area contributed by atoms with Gasteiger partial charge in [0.25, 0.3) is 0 Å².